The Kier molecular flexibility index (Phi) is 8.64. The monoisotopic (exact) mass is 628 g/mol. The average Bonchev–Trinajstić information content (AvgIpc) is 3.42. The minimum atomic E-state index is -1.03. The highest BCUT2D eigenvalue weighted by molar-refractivity contribution is 7.15. The molecular weight excluding hydrogens is 596 g/mol. The summed E-state index contributed by atoms with van der Waals surface area (Å²) in [5.41, 5.74) is 4.46. The van der Waals surface area contributed by atoms with Crippen molar-refractivity contribution in [3.63, 3.8) is 0 Å². The van der Waals surface area contributed by atoms with Gasteiger partial charge in [-0.05, 0) is 77.4 Å². The fourth-order valence-electron chi connectivity index (χ4n) is 5.01. The van der Waals surface area contributed by atoms with E-state index in [1.165, 1.54) is 9.78 Å². The molecule has 226 valence electrons. The van der Waals surface area contributed by atoms with Crippen LogP contribution in [-0.4, -0.2) is 54.6 Å². The lowest BCUT2D eigenvalue weighted by atomic mass is 9.99. The molecule has 0 unspecified atom stereocenters. The second-order valence-corrected chi connectivity index (χ2v) is 13.2. The molecule has 2 N–H and O–H groups in total. The zero-order valence-corrected chi connectivity index (χ0v) is 27.0. The number of nitrogens with one attached hydrogen (secondary N) is 1. The van der Waals surface area contributed by atoms with E-state index in [1.54, 1.807) is 29.5 Å². The van der Waals surface area contributed by atoms with Crippen molar-refractivity contribution in [3.8, 4) is 16.8 Å². The first-order valence-corrected chi connectivity index (χ1v) is 15.3. The summed E-state index contributed by atoms with van der Waals surface area (Å²) in [6.07, 6.45) is -0.989. The van der Waals surface area contributed by atoms with Crippen molar-refractivity contribution in [3.05, 3.63) is 92.3 Å². The number of nitrogens with zero attached hydrogens (tertiary/aromatic N) is 5. The largest absolute Gasteiger partial charge is 0.465 e. The van der Waals surface area contributed by atoms with Gasteiger partial charge in [0.25, 0.3) is 0 Å². The highest BCUT2D eigenvalue weighted by atomic mass is 35.5. The van der Waals surface area contributed by atoms with Gasteiger partial charge in [0, 0.05) is 37.8 Å². The lowest BCUT2D eigenvalue weighted by molar-refractivity contribution is -0.116. The van der Waals surface area contributed by atoms with Gasteiger partial charge in [0.05, 0.1) is 18.7 Å². The van der Waals surface area contributed by atoms with Crippen molar-refractivity contribution in [2.45, 2.75) is 59.5 Å². The van der Waals surface area contributed by atoms with Gasteiger partial charge in [-0.2, -0.15) is 0 Å². The lowest BCUT2D eigenvalue weighted by Crippen LogP contribution is -2.45. The van der Waals surface area contributed by atoms with Crippen LogP contribution in [0.15, 0.2) is 53.5 Å². The Morgan fingerprint density at radius 3 is 2.52 bits per heavy atom. The Balaban J connectivity index is 1.43. The average molecular weight is 629 g/mol. The van der Waals surface area contributed by atoms with Gasteiger partial charge in [0.2, 0.25) is 5.91 Å². The molecule has 0 fully saturated rings. The molecule has 2 aromatic heterocycles. The molecule has 2 aromatic carbocycles. The number of carbonyl (C=O) groups is 2. The second-order valence-electron chi connectivity index (χ2n) is 11.6. The van der Waals surface area contributed by atoms with E-state index >= 15 is 0 Å². The predicted molar refractivity (Wildman–Crippen MR) is 174 cm³/mol. The summed E-state index contributed by atoms with van der Waals surface area (Å²) in [6.45, 7) is 11.6. The fourth-order valence-corrected chi connectivity index (χ4v) is 6.35. The predicted octanol–water partition coefficient (Wildman–Crippen LogP) is 6.96. The quantitative estimate of drug-likeness (QED) is 0.232. The highest BCUT2D eigenvalue weighted by Gasteiger charge is 2.32. The number of carbonyl (C=O) groups excluding carboxylic acids is 1. The van der Waals surface area contributed by atoms with Crippen molar-refractivity contribution in [2.75, 3.05) is 11.9 Å². The number of amides is 2. The smallest absolute Gasteiger partial charge is 0.408 e. The Bertz CT molecular complexity index is 1840. The van der Waals surface area contributed by atoms with Crippen LogP contribution in [0.1, 0.15) is 72.0 Å². The Hall–Kier alpha value is -4.46. The standard InChI is InChI=1S/C33H33ClN6O3S/c1-19-20(2)44-31-28(19)29(23-12-14-24(34)15-13-23)36-26(30-38-37-21(3)40(30)31)18-27(41)35-25-11-7-9-22(17-25)10-8-16-39(32(42)43)33(4,5)6/h7,9,11-15,17,26H,16,18H2,1-6H3,(H,35,41)(H,42,43)/t26-/m0/s1. The van der Waals surface area contributed by atoms with Gasteiger partial charge in [0.1, 0.15) is 16.9 Å². The van der Waals surface area contributed by atoms with Gasteiger partial charge in [0.15, 0.2) is 5.82 Å². The zero-order chi connectivity index (χ0) is 31.8. The number of anilines is 1. The number of fused-ring (bicyclic) bond motifs is 3. The molecule has 1 aliphatic rings. The number of halogens is 1. The Morgan fingerprint density at radius 1 is 1.11 bits per heavy atom. The van der Waals surface area contributed by atoms with Crippen molar-refractivity contribution < 1.29 is 14.7 Å². The summed E-state index contributed by atoms with van der Waals surface area (Å²) in [4.78, 5) is 32.7. The SMILES string of the molecule is Cc1sc2c(c1C)C(c1ccc(Cl)cc1)=N[C@@H](CC(=O)Nc1cccc(C#CCN(C(=O)O)C(C)(C)C)c1)c1nnc(C)n1-2. The van der Waals surface area contributed by atoms with E-state index in [-0.39, 0.29) is 18.9 Å². The first-order chi connectivity index (χ1) is 20.8. The van der Waals surface area contributed by atoms with Crippen LogP contribution in [0.4, 0.5) is 10.5 Å². The van der Waals surface area contributed by atoms with E-state index in [4.69, 9.17) is 16.6 Å². The van der Waals surface area contributed by atoms with Crippen LogP contribution in [0.3, 0.4) is 0 Å². The molecule has 0 aliphatic carbocycles. The van der Waals surface area contributed by atoms with Crippen molar-refractivity contribution >= 4 is 46.3 Å². The summed E-state index contributed by atoms with van der Waals surface area (Å²) in [5, 5.41) is 22.9. The maximum absolute atomic E-state index is 13.5. The number of hydrogen-bond acceptors (Lipinski definition) is 6. The summed E-state index contributed by atoms with van der Waals surface area (Å²) < 4.78 is 2.01. The second kappa shape index (κ2) is 12.3. The molecule has 4 aromatic rings. The van der Waals surface area contributed by atoms with Crippen molar-refractivity contribution in [1.82, 2.24) is 19.7 Å². The minimum Gasteiger partial charge on any atom is -0.465 e. The lowest BCUT2D eigenvalue weighted by Gasteiger charge is -2.31. The zero-order valence-electron chi connectivity index (χ0n) is 25.4. The molecule has 44 heavy (non-hydrogen) atoms. The molecule has 3 heterocycles. The number of aliphatic imine (C=N–C) groups is 1. The Morgan fingerprint density at radius 2 is 1.84 bits per heavy atom. The van der Waals surface area contributed by atoms with E-state index in [1.807, 2.05) is 62.6 Å². The maximum atomic E-state index is 13.5. The van der Waals surface area contributed by atoms with E-state index in [0.717, 1.165) is 33.2 Å². The van der Waals surface area contributed by atoms with Gasteiger partial charge in [-0.15, -0.1) is 21.5 Å². The van der Waals surface area contributed by atoms with Crippen LogP contribution < -0.4 is 5.32 Å². The van der Waals surface area contributed by atoms with E-state index < -0.39 is 17.7 Å². The third-order valence-electron chi connectivity index (χ3n) is 7.39. The Labute approximate surface area is 265 Å². The van der Waals surface area contributed by atoms with Crippen molar-refractivity contribution in [1.29, 1.82) is 0 Å². The van der Waals surface area contributed by atoms with Crippen LogP contribution in [0.25, 0.3) is 5.00 Å². The number of rotatable bonds is 5. The third kappa shape index (κ3) is 6.39. The molecule has 1 aliphatic heterocycles. The van der Waals surface area contributed by atoms with Gasteiger partial charge < -0.3 is 10.4 Å². The molecule has 9 nitrogen and oxygen atoms in total. The molecular formula is C33H33ClN6O3S. The first-order valence-electron chi connectivity index (χ1n) is 14.1. The van der Waals surface area contributed by atoms with Crippen LogP contribution in [0.2, 0.25) is 5.02 Å². The van der Waals surface area contributed by atoms with Crippen LogP contribution in [0, 0.1) is 32.6 Å². The van der Waals surface area contributed by atoms with Gasteiger partial charge in [-0.1, -0.05) is 41.6 Å². The summed E-state index contributed by atoms with van der Waals surface area (Å²) >= 11 is 7.86. The van der Waals surface area contributed by atoms with E-state index in [9.17, 15) is 14.7 Å². The minimum absolute atomic E-state index is 0.0389. The van der Waals surface area contributed by atoms with E-state index in [0.29, 0.717) is 22.1 Å². The molecule has 0 spiro atoms. The van der Waals surface area contributed by atoms with Crippen LogP contribution >= 0.6 is 22.9 Å². The molecule has 0 bridgehead atoms. The number of benzene rings is 2. The highest BCUT2D eigenvalue weighted by Crippen LogP contribution is 2.39. The molecule has 0 radical (unpaired) electrons. The molecule has 0 saturated heterocycles. The molecule has 1 atom stereocenters. The number of carboxylic acid groups (broad SMARTS) is 1. The van der Waals surface area contributed by atoms with Gasteiger partial charge in [-0.3, -0.25) is 19.3 Å². The van der Waals surface area contributed by atoms with Crippen LogP contribution in [-0.2, 0) is 4.79 Å². The fraction of sp³-hybridized carbons (Fsp3) is 0.303. The van der Waals surface area contributed by atoms with Crippen LogP contribution in [0.5, 0.6) is 0 Å². The van der Waals surface area contributed by atoms with E-state index in [2.05, 4.69) is 41.2 Å². The summed E-state index contributed by atoms with van der Waals surface area (Å²) in [6, 6.07) is 14.1. The maximum Gasteiger partial charge on any atom is 0.408 e. The summed E-state index contributed by atoms with van der Waals surface area (Å²) in [7, 11) is 0. The molecule has 11 heteroatoms. The van der Waals surface area contributed by atoms with Crippen molar-refractivity contribution in [2.24, 2.45) is 4.99 Å². The molecule has 5 rings (SSSR count). The third-order valence-corrected chi connectivity index (χ3v) is 8.84. The molecule has 0 saturated carbocycles. The number of aryl methyl sites for hydroxylation is 2. The number of hydrogen-bond donors (Lipinski definition) is 2. The normalized spacial score (nSPS) is 14.0. The van der Waals surface area contributed by atoms with Gasteiger partial charge >= 0.3 is 6.09 Å². The molecule has 2 amide bonds. The number of aromatic nitrogens is 3. The summed E-state index contributed by atoms with van der Waals surface area (Å²) in [5.74, 6) is 7.03. The van der Waals surface area contributed by atoms with Gasteiger partial charge in [-0.25, -0.2) is 4.79 Å². The topological polar surface area (TPSA) is 113 Å². The number of thiophene rings is 1. The first kappa shape index (κ1) is 31.0.